The fourth-order valence-corrected chi connectivity index (χ4v) is 4.04. The lowest BCUT2D eigenvalue weighted by molar-refractivity contribution is 0.500. The molecule has 108 valence electrons. The topological polar surface area (TPSA) is 55.0 Å². The first-order valence-corrected chi connectivity index (χ1v) is 8.38. The fourth-order valence-electron chi connectivity index (χ4n) is 3.02. The number of piperidine rings is 1. The van der Waals surface area contributed by atoms with Gasteiger partial charge in [-0.05, 0) is 18.9 Å². The molecule has 1 unspecified atom stereocenters. The van der Waals surface area contributed by atoms with Crippen LogP contribution in [-0.4, -0.2) is 29.1 Å². The molecule has 0 aliphatic carbocycles. The highest BCUT2D eigenvalue weighted by Crippen LogP contribution is 2.40. The van der Waals surface area contributed by atoms with Gasteiger partial charge in [0.25, 0.3) is 0 Å². The van der Waals surface area contributed by atoms with Gasteiger partial charge in [-0.2, -0.15) is 0 Å². The zero-order chi connectivity index (χ0) is 14.2. The van der Waals surface area contributed by atoms with Crippen LogP contribution in [0.1, 0.15) is 18.4 Å². The summed E-state index contributed by atoms with van der Waals surface area (Å²) in [6.45, 7) is 1.86. The maximum Gasteiger partial charge on any atom is 0.225 e. The van der Waals surface area contributed by atoms with E-state index >= 15 is 0 Å². The average Bonchev–Trinajstić information content (AvgIpc) is 2.54. The van der Waals surface area contributed by atoms with Gasteiger partial charge in [-0.25, -0.2) is 9.97 Å². The van der Waals surface area contributed by atoms with Crippen molar-refractivity contribution < 1.29 is 0 Å². The summed E-state index contributed by atoms with van der Waals surface area (Å²) in [6, 6.07) is 8.72. The molecule has 3 heterocycles. The zero-order valence-corrected chi connectivity index (χ0v) is 12.6. The average molecular weight is 298 g/mol. The number of nitrogens with zero attached hydrogens (tertiary/aromatic N) is 3. The van der Waals surface area contributed by atoms with Gasteiger partial charge in [0, 0.05) is 47.1 Å². The summed E-state index contributed by atoms with van der Waals surface area (Å²) in [7, 11) is 0. The van der Waals surface area contributed by atoms with Crippen LogP contribution in [0.5, 0.6) is 0 Å². The van der Waals surface area contributed by atoms with E-state index in [2.05, 4.69) is 34.1 Å². The third-order valence-electron chi connectivity index (χ3n) is 4.12. The van der Waals surface area contributed by atoms with Crippen molar-refractivity contribution in [2.45, 2.75) is 29.5 Å². The molecule has 1 saturated heterocycles. The highest BCUT2D eigenvalue weighted by Gasteiger charge is 2.23. The number of benzene rings is 1. The fraction of sp³-hybridized carbons (Fsp3) is 0.375. The number of thioether (sulfide) groups is 1. The molecule has 0 bridgehead atoms. The van der Waals surface area contributed by atoms with Crippen LogP contribution < -0.4 is 10.6 Å². The molecule has 2 aromatic rings. The van der Waals surface area contributed by atoms with Gasteiger partial charge >= 0.3 is 0 Å². The van der Waals surface area contributed by atoms with Crippen molar-refractivity contribution in [3.05, 3.63) is 36.0 Å². The molecule has 2 N–H and O–H groups in total. The van der Waals surface area contributed by atoms with Gasteiger partial charge in [0.1, 0.15) is 0 Å². The third-order valence-corrected chi connectivity index (χ3v) is 5.24. The largest absolute Gasteiger partial charge is 0.339 e. The Balaban J connectivity index is 1.74. The Labute approximate surface area is 128 Å². The minimum atomic E-state index is 0.237. The van der Waals surface area contributed by atoms with Crippen LogP contribution in [0.2, 0.25) is 0 Å². The predicted octanol–water partition coefficient (Wildman–Crippen LogP) is 2.68. The normalized spacial score (nSPS) is 20.8. The number of rotatable bonds is 1. The smallest absolute Gasteiger partial charge is 0.225 e. The number of aromatic nitrogens is 2. The first-order chi connectivity index (χ1) is 10.3. The molecule has 5 heteroatoms. The molecule has 4 nitrogen and oxygen atoms in total. The lowest BCUT2D eigenvalue weighted by Crippen LogP contribution is -2.43. The van der Waals surface area contributed by atoms with Crippen molar-refractivity contribution in [1.82, 2.24) is 9.97 Å². The van der Waals surface area contributed by atoms with E-state index in [1.165, 1.54) is 16.0 Å². The van der Waals surface area contributed by atoms with E-state index in [1.54, 1.807) is 0 Å². The first-order valence-electron chi connectivity index (χ1n) is 7.40. The Morgan fingerprint density at radius 3 is 3.10 bits per heavy atom. The van der Waals surface area contributed by atoms with Gasteiger partial charge in [-0.1, -0.05) is 18.2 Å². The van der Waals surface area contributed by atoms with Gasteiger partial charge in [0.15, 0.2) is 0 Å². The molecule has 21 heavy (non-hydrogen) atoms. The Hall–Kier alpha value is -1.59. The maximum atomic E-state index is 6.08. The molecule has 2 aliphatic heterocycles. The molecule has 1 aromatic carbocycles. The molecule has 1 atom stereocenters. The van der Waals surface area contributed by atoms with Gasteiger partial charge in [0.2, 0.25) is 5.95 Å². The molecular weight excluding hydrogens is 280 g/mol. The number of hydrogen-bond donors (Lipinski definition) is 1. The van der Waals surface area contributed by atoms with Gasteiger partial charge in [0.05, 0.1) is 5.69 Å². The zero-order valence-electron chi connectivity index (χ0n) is 11.8. The maximum absolute atomic E-state index is 6.08. The predicted molar refractivity (Wildman–Crippen MR) is 86.5 cm³/mol. The molecular formula is C16H18N4S. The van der Waals surface area contributed by atoms with Crippen molar-refractivity contribution in [2.24, 2.45) is 5.73 Å². The summed E-state index contributed by atoms with van der Waals surface area (Å²) in [6.07, 6.45) is 4.20. The minimum absolute atomic E-state index is 0.237. The first kappa shape index (κ1) is 13.1. The van der Waals surface area contributed by atoms with E-state index < -0.39 is 0 Å². The summed E-state index contributed by atoms with van der Waals surface area (Å²) in [5.41, 5.74) is 9.62. The van der Waals surface area contributed by atoms with Crippen LogP contribution in [0, 0.1) is 0 Å². The molecule has 1 fully saturated rings. The van der Waals surface area contributed by atoms with Crippen LogP contribution in [0.4, 0.5) is 5.95 Å². The van der Waals surface area contributed by atoms with Crippen molar-refractivity contribution in [1.29, 1.82) is 0 Å². The van der Waals surface area contributed by atoms with Crippen LogP contribution in [0.15, 0.2) is 35.4 Å². The lowest BCUT2D eigenvalue weighted by atomic mass is 10.1. The van der Waals surface area contributed by atoms with E-state index in [0.717, 1.165) is 43.3 Å². The van der Waals surface area contributed by atoms with Crippen molar-refractivity contribution in [3.8, 4) is 11.3 Å². The minimum Gasteiger partial charge on any atom is -0.339 e. The molecule has 2 aliphatic rings. The molecule has 0 saturated carbocycles. The number of anilines is 1. The highest BCUT2D eigenvalue weighted by molar-refractivity contribution is 7.98. The van der Waals surface area contributed by atoms with Gasteiger partial charge < -0.3 is 10.6 Å². The lowest BCUT2D eigenvalue weighted by Gasteiger charge is -2.31. The van der Waals surface area contributed by atoms with E-state index in [4.69, 9.17) is 10.7 Å². The molecule has 0 amide bonds. The second kappa shape index (κ2) is 5.31. The Morgan fingerprint density at radius 2 is 2.19 bits per heavy atom. The summed E-state index contributed by atoms with van der Waals surface area (Å²) < 4.78 is 0. The van der Waals surface area contributed by atoms with E-state index in [9.17, 15) is 0 Å². The Kier molecular flexibility index (Phi) is 3.31. The van der Waals surface area contributed by atoms with Crippen LogP contribution in [-0.2, 0) is 5.75 Å². The quantitative estimate of drug-likeness (QED) is 0.877. The molecule has 1 aromatic heterocycles. The summed E-state index contributed by atoms with van der Waals surface area (Å²) in [4.78, 5) is 13.0. The Morgan fingerprint density at radius 1 is 1.29 bits per heavy atom. The van der Waals surface area contributed by atoms with E-state index in [1.807, 2.05) is 18.0 Å². The SMILES string of the molecule is NC1CCCN(c2ncc3c(n2)-c2ccccc2SC3)C1. The van der Waals surface area contributed by atoms with Gasteiger partial charge in [-0.3, -0.25) is 0 Å². The van der Waals surface area contributed by atoms with Crippen LogP contribution in [0.3, 0.4) is 0 Å². The third kappa shape index (κ3) is 2.40. The molecule has 4 rings (SSSR count). The van der Waals surface area contributed by atoms with Crippen molar-refractivity contribution in [2.75, 3.05) is 18.0 Å². The highest BCUT2D eigenvalue weighted by atomic mass is 32.2. The van der Waals surface area contributed by atoms with Crippen LogP contribution >= 0.6 is 11.8 Å². The van der Waals surface area contributed by atoms with Gasteiger partial charge in [-0.15, -0.1) is 11.8 Å². The molecule has 0 radical (unpaired) electrons. The van der Waals surface area contributed by atoms with Crippen LogP contribution in [0.25, 0.3) is 11.3 Å². The number of hydrogen-bond acceptors (Lipinski definition) is 5. The van der Waals surface area contributed by atoms with E-state index in [0.29, 0.717) is 0 Å². The summed E-state index contributed by atoms with van der Waals surface area (Å²) in [5, 5.41) is 0. The number of nitrogens with two attached hydrogens (primary N) is 1. The van der Waals surface area contributed by atoms with Crippen molar-refractivity contribution in [3.63, 3.8) is 0 Å². The second-order valence-corrected chi connectivity index (χ2v) is 6.69. The van der Waals surface area contributed by atoms with E-state index in [-0.39, 0.29) is 6.04 Å². The molecule has 0 spiro atoms. The second-order valence-electron chi connectivity index (χ2n) is 5.68. The Bertz CT molecular complexity index is 673. The monoisotopic (exact) mass is 298 g/mol. The number of fused-ring (bicyclic) bond motifs is 3. The standard InChI is InChI=1S/C16H18N4S/c17-12-4-3-7-20(9-12)16-18-8-11-10-21-14-6-2-1-5-13(14)15(11)19-16/h1-2,5-6,8,12H,3-4,7,9-10,17H2. The van der Waals surface area contributed by atoms with Crippen molar-refractivity contribution >= 4 is 17.7 Å². The summed E-state index contributed by atoms with van der Waals surface area (Å²) >= 11 is 1.86. The summed E-state index contributed by atoms with van der Waals surface area (Å²) in [5.74, 6) is 1.78.